The van der Waals surface area contributed by atoms with E-state index in [1.54, 1.807) is 0 Å². The Morgan fingerprint density at radius 3 is 2.64 bits per heavy atom. The molecule has 5 rings (SSSR count). The molecule has 0 unspecified atom stereocenters. The van der Waals surface area contributed by atoms with Gasteiger partial charge in [-0.15, -0.1) is 11.3 Å². The first-order valence-corrected chi connectivity index (χ1v) is 10.3. The second-order valence-corrected chi connectivity index (χ2v) is 8.70. The molecular formula is C19H24N4OS. The van der Waals surface area contributed by atoms with Crippen molar-refractivity contribution in [3.63, 3.8) is 0 Å². The first-order chi connectivity index (χ1) is 12.2. The van der Waals surface area contributed by atoms with Gasteiger partial charge in [-0.25, -0.2) is 9.97 Å². The highest BCUT2D eigenvalue weighted by Crippen LogP contribution is 2.41. The Hall–Kier alpha value is -1.69. The molecule has 5 nitrogen and oxygen atoms in total. The van der Waals surface area contributed by atoms with Crippen molar-refractivity contribution in [2.45, 2.75) is 45.4 Å². The van der Waals surface area contributed by atoms with Gasteiger partial charge >= 0.3 is 0 Å². The standard InChI is InChI=1S/C19H24N4OS/c1-12-20-17(16-14-6-2-3-7-15(14)25-18(16)21-12)23-10-13(11-23)19(24)22-8-4-5-9-22/h13H,2-11H2,1H3. The fraction of sp³-hybridized carbons (Fsp3) is 0.632. The number of hydrogen-bond acceptors (Lipinski definition) is 5. The van der Waals surface area contributed by atoms with Crippen LogP contribution in [0.1, 0.15) is 41.9 Å². The molecule has 6 heteroatoms. The third-order valence-corrected chi connectivity index (χ3v) is 7.04. The van der Waals surface area contributed by atoms with Crippen LogP contribution in [0.25, 0.3) is 10.2 Å². The Morgan fingerprint density at radius 2 is 1.84 bits per heavy atom. The molecule has 1 amide bonds. The van der Waals surface area contributed by atoms with Crippen LogP contribution in [0.5, 0.6) is 0 Å². The SMILES string of the molecule is Cc1nc(N2CC(C(=O)N3CCCC3)C2)c2c3c(sc2n1)CCCC3. The lowest BCUT2D eigenvalue weighted by molar-refractivity contribution is -0.135. The van der Waals surface area contributed by atoms with Crippen molar-refractivity contribution in [2.24, 2.45) is 5.92 Å². The zero-order chi connectivity index (χ0) is 17.0. The summed E-state index contributed by atoms with van der Waals surface area (Å²) in [4.78, 5) is 29.1. The first kappa shape index (κ1) is 15.6. The predicted octanol–water partition coefficient (Wildman–Crippen LogP) is 2.94. The first-order valence-electron chi connectivity index (χ1n) is 9.53. The van der Waals surface area contributed by atoms with Gasteiger partial charge in [-0.1, -0.05) is 0 Å². The molecule has 0 N–H and O–H groups in total. The summed E-state index contributed by atoms with van der Waals surface area (Å²) >= 11 is 1.85. The van der Waals surface area contributed by atoms with Crippen LogP contribution in [-0.2, 0) is 17.6 Å². The summed E-state index contributed by atoms with van der Waals surface area (Å²) in [6, 6.07) is 0. The van der Waals surface area contributed by atoms with E-state index < -0.39 is 0 Å². The van der Waals surface area contributed by atoms with Crippen molar-refractivity contribution in [3.05, 3.63) is 16.3 Å². The molecule has 0 atom stereocenters. The second kappa shape index (κ2) is 5.94. The summed E-state index contributed by atoms with van der Waals surface area (Å²) in [6.07, 6.45) is 7.22. The van der Waals surface area contributed by atoms with E-state index in [0.717, 1.165) is 61.9 Å². The molecule has 132 valence electrons. The number of nitrogens with zero attached hydrogens (tertiary/aromatic N) is 4. The smallest absolute Gasteiger partial charge is 0.229 e. The number of carbonyl (C=O) groups is 1. The summed E-state index contributed by atoms with van der Waals surface area (Å²) < 4.78 is 0. The number of anilines is 1. The molecule has 0 radical (unpaired) electrons. The number of carbonyl (C=O) groups excluding carboxylic acids is 1. The molecule has 2 aromatic rings. The fourth-order valence-corrected chi connectivity index (χ4v) is 5.78. The van der Waals surface area contributed by atoms with Crippen molar-refractivity contribution in [3.8, 4) is 0 Å². The number of amides is 1. The average molecular weight is 356 g/mol. The maximum Gasteiger partial charge on any atom is 0.229 e. The Balaban J connectivity index is 1.43. The van der Waals surface area contributed by atoms with Gasteiger partial charge in [-0.05, 0) is 51.0 Å². The maximum absolute atomic E-state index is 12.6. The quantitative estimate of drug-likeness (QED) is 0.830. The summed E-state index contributed by atoms with van der Waals surface area (Å²) in [5.74, 6) is 2.42. The van der Waals surface area contributed by atoms with E-state index in [1.807, 2.05) is 18.3 Å². The number of likely N-dealkylation sites (tertiary alicyclic amines) is 1. The predicted molar refractivity (Wildman–Crippen MR) is 100 cm³/mol. The van der Waals surface area contributed by atoms with E-state index in [0.29, 0.717) is 5.91 Å². The van der Waals surface area contributed by atoms with Gasteiger partial charge in [0, 0.05) is 31.1 Å². The van der Waals surface area contributed by atoms with Crippen molar-refractivity contribution in [1.29, 1.82) is 0 Å². The number of aromatic nitrogens is 2. The van der Waals surface area contributed by atoms with Gasteiger partial charge in [0.25, 0.3) is 0 Å². The van der Waals surface area contributed by atoms with Crippen LogP contribution in [0.15, 0.2) is 0 Å². The summed E-state index contributed by atoms with van der Waals surface area (Å²) in [6.45, 7) is 5.50. The lowest BCUT2D eigenvalue weighted by Gasteiger charge is -2.41. The molecule has 25 heavy (non-hydrogen) atoms. The van der Waals surface area contributed by atoms with Crippen LogP contribution in [0.2, 0.25) is 0 Å². The lowest BCUT2D eigenvalue weighted by Crippen LogP contribution is -2.54. The van der Waals surface area contributed by atoms with Gasteiger partial charge in [0.05, 0.1) is 11.3 Å². The van der Waals surface area contributed by atoms with Gasteiger partial charge in [-0.3, -0.25) is 4.79 Å². The van der Waals surface area contributed by atoms with Crippen molar-refractivity contribution >= 4 is 33.3 Å². The molecule has 4 heterocycles. The average Bonchev–Trinajstić information content (AvgIpc) is 3.20. The van der Waals surface area contributed by atoms with Crippen molar-refractivity contribution in [2.75, 3.05) is 31.1 Å². The van der Waals surface area contributed by atoms with Gasteiger partial charge in [0.2, 0.25) is 5.91 Å². The van der Waals surface area contributed by atoms with E-state index in [1.165, 1.54) is 35.1 Å². The van der Waals surface area contributed by atoms with Gasteiger partial charge in [0.1, 0.15) is 16.5 Å². The van der Waals surface area contributed by atoms with E-state index in [4.69, 9.17) is 9.97 Å². The molecule has 0 aromatic carbocycles. The maximum atomic E-state index is 12.6. The molecule has 1 aliphatic carbocycles. The Kier molecular flexibility index (Phi) is 3.69. The van der Waals surface area contributed by atoms with Crippen LogP contribution >= 0.6 is 11.3 Å². The highest BCUT2D eigenvalue weighted by Gasteiger charge is 2.38. The fourth-order valence-electron chi connectivity index (χ4n) is 4.47. The van der Waals surface area contributed by atoms with Crippen LogP contribution in [0.3, 0.4) is 0 Å². The van der Waals surface area contributed by atoms with Crippen LogP contribution in [-0.4, -0.2) is 47.0 Å². The summed E-state index contributed by atoms with van der Waals surface area (Å²) in [5.41, 5.74) is 1.48. The van der Waals surface area contributed by atoms with Crippen LogP contribution < -0.4 is 4.90 Å². The minimum absolute atomic E-state index is 0.151. The molecule has 2 saturated heterocycles. The summed E-state index contributed by atoms with van der Waals surface area (Å²) in [5, 5.41) is 1.28. The van der Waals surface area contributed by atoms with Crippen LogP contribution in [0.4, 0.5) is 5.82 Å². The van der Waals surface area contributed by atoms with E-state index in [2.05, 4.69) is 9.80 Å². The minimum Gasteiger partial charge on any atom is -0.354 e. The van der Waals surface area contributed by atoms with Crippen molar-refractivity contribution in [1.82, 2.24) is 14.9 Å². The number of aryl methyl sites for hydroxylation is 3. The largest absolute Gasteiger partial charge is 0.354 e. The third-order valence-electron chi connectivity index (χ3n) is 5.86. The molecule has 0 spiro atoms. The molecule has 2 fully saturated rings. The molecular weight excluding hydrogens is 332 g/mol. The molecule has 0 bridgehead atoms. The van der Waals surface area contributed by atoms with E-state index in [-0.39, 0.29) is 5.92 Å². The Morgan fingerprint density at radius 1 is 1.08 bits per heavy atom. The number of hydrogen-bond donors (Lipinski definition) is 0. The number of fused-ring (bicyclic) bond motifs is 3. The molecule has 0 saturated carbocycles. The monoisotopic (exact) mass is 356 g/mol. The molecule has 3 aliphatic rings. The van der Waals surface area contributed by atoms with Gasteiger partial charge in [0.15, 0.2) is 0 Å². The number of rotatable bonds is 2. The Labute approximate surface area is 152 Å². The minimum atomic E-state index is 0.151. The van der Waals surface area contributed by atoms with Crippen molar-refractivity contribution < 1.29 is 4.79 Å². The highest BCUT2D eigenvalue weighted by molar-refractivity contribution is 7.19. The topological polar surface area (TPSA) is 49.3 Å². The van der Waals surface area contributed by atoms with Gasteiger partial charge in [-0.2, -0.15) is 0 Å². The Bertz CT molecular complexity index is 834. The zero-order valence-electron chi connectivity index (χ0n) is 14.8. The molecule has 2 aromatic heterocycles. The highest BCUT2D eigenvalue weighted by atomic mass is 32.1. The van der Waals surface area contributed by atoms with E-state index >= 15 is 0 Å². The van der Waals surface area contributed by atoms with Crippen LogP contribution in [0, 0.1) is 12.8 Å². The lowest BCUT2D eigenvalue weighted by atomic mass is 9.94. The van der Waals surface area contributed by atoms with Gasteiger partial charge < -0.3 is 9.80 Å². The third kappa shape index (κ3) is 2.53. The normalized spacial score (nSPS) is 20.8. The molecule has 2 aliphatic heterocycles. The number of thiophene rings is 1. The second-order valence-electron chi connectivity index (χ2n) is 7.62. The van der Waals surface area contributed by atoms with E-state index in [9.17, 15) is 4.79 Å². The zero-order valence-corrected chi connectivity index (χ0v) is 15.6. The summed E-state index contributed by atoms with van der Waals surface area (Å²) in [7, 11) is 0.